The molecule has 0 rings (SSSR count). The molecular weight excluding hydrogens is 204 g/mol. The van der Waals surface area contributed by atoms with Gasteiger partial charge in [0, 0.05) is 0 Å². The second-order valence-electron chi connectivity index (χ2n) is 4.57. The third-order valence-corrected chi connectivity index (χ3v) is 2.98. The molecule has 0 spiro atoms. The summed E-state index contributed by atoms with van der Waals surface area (Å²) in [4.78, 5) is 23.4. The van der Waals surface area contributed by atoms with Crippen LogP contribution in [0.5, 0.6) is 0 Å². The van der Waals surface area contributed by atoms with Crippen LogP contribution in [-0.4, -0.2) is 18.4 Å². The maximum Gasteiger partial charge on any atom is 0.319 e. The van der Waals surface area contributed by atoms with Crippen LogP contribution in [0.2, 0.25) is 0 Å². The molecule has 92 valence electrons. The topological polar surface area (TPSA) is 43.4 Å². The first-order valence-corrected chi connectivity index (χ1v) is 5.57. The fourth-order valence-corrected chi connectivity index (χ4v) is 1.34. The summed E-state index contributed by atoms with van der Waals surface area (Å²) < 4.78 is 4.97. The molecule has 0 fully saturated rings. The summed E-state index contributed by atoms with van der Waals surface area (Å²) in [6.07, 6.45) is 0.434. The Morgan fingerprint density at radius 1 is 1.12 bits per heavy atom. The van der Waals surface area contributed by atoms with E-state index in [1.807, 2.05) is 20.8 Å². The van der Waals surface area contributed by atoms with Crippen LogP contribution in [-0.2, 0) is 14.3 Å². The molecule has 0 aliphatic rings. The van der Waals surface area contributed by atoms with E-state index in [1.54, 1.807) is 13.8 Å². The molecule has 0 radical (unpaired) electrons. The van der Waals surface area contributed by atoms with Gasteiger partial charge in [-0.25, -0.2) is 0 Å². The van der Waals surface area contributed by atoms with Crippen molar-refractivity contribution >= 4 is 11.8 Å². The van der Waals surface area contributed by atoms with Gasteiger partial charge in [0.15, 0.2) is 0 Å². The fourth-order valence-electron chi connectivity index (χ4n) is 1.34. The van der Waals surface area contributed by atoms with Gasteiger partial charge in [-0.3, -0.25) is 9.59 Å². The van der Waals surface area contributed by atoms with Crippen LogP contribution in [0.4, 0.5) is 0 Å². The van der Waals surface area contributed by atoms with Gasteiger partial charge in [-0.05, 0) is 48.0 Å². The third-order valence-electron chi connectivity index (χ3n) is 2.98. The molecule has 0 saturated heterocycles. The Morgan fingerprint density at radius 2 is 1.62 bits per heavy atom. The highest BCUT2D eigenvalue weighted by Crippen LogP contribution is 2.30. The van der Waals surface area contributed by atoms with E-state index >= 15 is 0 Å². The summed E-state index contributed by atoms with van der Waals surface area (Å²) in [5.74, 6) is -0.574. The second kappa shape index (κ2) is 5.83. The number of ketones is 1. The highest BCUT2D eigenvalue weighted by molar-refractivity contribution is 6.02. The number of carbonyl (C=O) groups is 2. The largest absolute Gasteiger partial charge is 0.465 e. The number of allylic oxidation sites excluding steroid dienone is 2. The van der Waals surface area contributed by atoms with Gasteiger partial charge in [0.05, 0.1) is 6.61 Å². The Kier molecular flexibility index (Phi) is 5.42. The van der Waals surface area contributed by atoms with E-state index in [9.17, 15) is 9.59 Å². The monoisotopic (exact) mass is 226 g/mol. The van der Waals surface area contributed by atoms with Crippen molar-refractivity contribution < 1.29 is 14.3 Å². The molecule has 1 unspecified atom stereocenters. The van der Waals surface area contributed by atoms with Crippen LogP contribution in [0.25, 0.3) is 0 Å². The van der Waals surface area contributed by atoms with Gasteiger partial charge in [-0.1, -0.05) is 11.1 Å². The van der Waals surface area contributed by atoms with Crippen molar-refractivity contribution in [1.82, 2.24) is 0 Å². The SMILES string of the molecule is CCOC(=O)C(C)(CC(C)=C(C)C)C(C)=O. The number of hydrogen-bond acceptors (Lipinski definition) is 3. The average Bonchev–Trinajstić information content (AvgIpc) is 2.17. The van der Waals surface area contributed by atoms with E-state index in [0.29, 0.717) is 13.0 Å². The van der Waals surface area contributed by atoms with E-state index in [2.05, 4.69) is 0 Å². The number of hydrogen-bond donors (Lipinski definition) is 0. The molecule has 1 atom stereocenters. The van der Waals surface area contributed by atoms with E-state index in [4.69, 9.17) is 4.74 Å². The lowest BCUT2D eigenvalue weighted by Gasteiger charge is -2.25. The third kappa shape index (κ3) is 3.47. The first-order chi connectivity index (χ1) is 7.25. The van der Waals surface area contributed by atoms with Gasteiger partial charge in [-0.2, -0.15) is 0 Å². The average molecular weight is 226 g/mol. The zero-order chi connectivity index (χ0) is 12.9. The molecular formula is C13H22O3. The van der Waals surface area contributed by atoms with Gasteiger partial charge >= 0.3 is 5.97 Å². The van der Waals surface area contributed by atoms with Crippen LogP contribution in [0.3, 0.4) is 0 Å². The van der Waals surface area contributed by atoms with E-state index in [0.717, 1.165) is 11.1 Å². The first kappa shape index (κ1) is 14.9. The Bertz CT molecular complexity index is 311. The predicted octanol–water partition coefficient (Wildman–Crippen LogP) is 2.89. The predicted molar refractivity (Wildman–Crippen MR) is 64.1 cm³/mol. The van der Waals surface area contributed by atoms with Crippen molar-refractivity contribution in [1.29, 1.82) is 0 Å². The van der Waals surface area contributed by atoms with Gasteiger partial charge < -0.3 is 4.74 Å². The number of Topliss-reactive ketones (excluding diaryl/α,β-unsaturated/α-hetero) is 1. The van der Waals surface area contributed by atoms with Crippen LogP contribution in [0.1, 0.15) is 48.0 Å². The molecule has 16 heavy (non-hydrogen) atoms. The summed E-state index contributed by atoms with van der Waals surface area (Å²) in [6.45, 7) is 11.0. The Labute approximate surface area is 97.9 Å². The highest BCUT2D eigenvalue weighted by atomic mass is 16.5. The van der Waals surface area contributed by atoms with Crippen molar-refractivity contribution in [2.24, 2.45) is 5.41 Å². The molecule has 3 nitrogen and oxygen atoms in total. The first-order valence-electron chi connectivity index (χ1n) is 5.57. The molecule has 0 aliphatic carbocycles. The van der Waals surface area contributed by atoms with Crippen LogP contribution in [0, 0.1) is 5.41 Å². The molecule has 0 amide bonds. The molecule has 0 aromatic rings. The van der Waals surface area contributed by atoms with E-state index in [1.165, 1.54) is 6.92 Å². The minimum atomic E-state index is -1.04. The lowest BCUT2D eigenvalue weighted by atomic mass is 9.79. The van der Waals surface area contributed by atoms with E-state index in [-0.39, 0.29) is 5.78 Å². The number of carbonyl (C=O) groups excluding carboxylic acids is 2. The van der Waals surface area contributed by atoms with Crippen LogP contribution < -0.4 is 0 Å². The van der Waals surface area contributed by atoms with Gasteiger partial charge in [0.25, 0.3) is 0 Å². The maximum atomic E-state index is 11.8. The van der Waals surface area contributed by atoms with Crippen molar-refractivity contribution in [2.75, 3.05) is 6.61 Å². The molecule has 0 bridgehead atoms. The molecule has 0 N–H and O–H groups in total. The quantitative estimate of drug-likeness (QED) is 0.411. The number of rotatable bonds is 5. The summed E-state index contributed by atoms with van der Waals surface area (Å²) >= 11 is 0. The van der Waals surface area contributed by atoms with Crippen molar-refractivity contribution in [3.8, 4) is 0 Å². The lowest BCUT2D eigenvalue weighted by molar-refractivity contribution is -0.158. The number of ether oxygens (including phenoxy) is 1. The minimum Gasteiger partial charge on any atom is -0.465 e. The highest BCUT2D eigenvalue weighted by Gasteiger charge is 2.39. The van der Waals surface area contributed by atoms with Crippen LogP contribution >= 0.6 is 0 Å². The Hall–Kier alpha value is -1.12. The normalized spacial score (nSPS) is 13.9. The number of esters is 1. The smallest absolute Gasteiger partial charge is 0.319 e. The van der Waals surface area contributed by atoms with E-state index < -0.39 is 11.4 Å². The van der Waals surface area contributed by atoms with Crippen LogP contribution in [0.15, 0.2) is 11.1 Å². The van der Waals surface area contributed by atoms with Crippen molar-refractivity contribution in [3.63, 3.8) is 0 Å². The Morgan fingerprint density at radius 3 is 1.94 bits per heavy atom. The van der Waals surface area contributed by atoms with Crippen molar-refractivity contribution in [2.45, 2.75) is 48.0 Å². The molecule has 0 aliphatic heterocycles. The Balaban J connectivity index is 5.06. The molecule has 0 aromatic carbocycles. The molecule has 0 heterocycles. The second-order valence-corrected chi connectivity index (χ2v) is 4.57. The van der Waals surface area contributed by atoms with Gasteiger partial charge in [0.2, 0.25) is 0 Å². The molecule has 0 saturated carbocycles. The zero-order valence-electron chi connectivity index (χ0n) is 11.1. The van der Waals surface area contributed by atoms with Crippen molar-refractivity contribution in [3.05, 3.63) is 11.1 Å². The molecule has 0 aromatic heterocycles. The zero-order valence-corrected chi connectivity index (χ0v) is 11.1. The summed E-state index contributed by atoms with van der Waals surface area (Å²) in [5.41, 5.74) is 1.15. The summed E-state index contributed by atoms with van der Waals surface area (Å²) in [7, 11) is 0. The fraction of sp³-hybridized carbons (Fsp3) is 0.692. The summed E-state index contributed by atoms with van der Waals surface area (Å²) in [5, 5.41) is 0. The summed E-state index contributed by atoms with van der Waals surface area (Å²) in [6, 6.07) is 0. The maximum absolute atomic E-state index is 11.8. The molecule has 3 heteroatoms. The lowest BCUT2D eigenvalue weighted by Crippen LogP contribution is -2.37. The van der Waals surface area contributed by atoms with Gasteiger partial charge in [-0.15, -0.1) is 0 Å². The van der Waals surface area contributed by atoms with Gasteiger partial charge in [0.1, 0.15) is 11.2 Å². The minimum absolute atomic E-state index is 0.147. The standard InChI is InChI=1S/C13H22O3/c1-7-16-12(15)13(6,11(5)14)8-10(4)9(2)3/h7-8H2,1-6H3.